The smallest absolute Gasteiger partial charge is 0.373 e. The lowest BCUT2D eigenvalue weighted by Crippen LogP contribution is -2.24. The van der Waals surface area contributed by atoms with Gasteiger partial charge in [-0.3, -0.25) is 10.1 Å². The molecule has 3 rings (SSSR count). The zero-order valence-electron chi connectivity index (χ0n) is 15.1. The van der Waals surface area contributed by atoms with Crippen LogP contribution in [0.3, 0.4) is 0 Å². The Morgan fingerprint density at radius 2 is 2.07 bits per heavy atom. The number of carbonyl (C=O) groups is 3. The summed E-state index contributed by atoms with van der Waals surface area (Å²) in [5.74, 6) is 0.440. The molecule has 1 aliphatic rings. The van der Waals surface area contributed by atoms with Gasteiger partial charge in [0, 0.05) is 0 Å². The van der Waals surface area contributed by atoms with Crippen molar-refractivity contribution in [2.45, 2.75) is 6.61 Å². The standard InChI is InChI=1S/C18H17N3O7/c1-25-15-7-11(8-19-21-9-16(22)20-18(21)24)3-5-13(15)27-10-12-4-6-14(28-12)17(23)26-2/h3-8H,9-10H2,1-2H3,(H,20,22,24)/b19-8-. The van der Waals surface area contributed by atoms with Gasteiger partial charge in [-0.1, -0.05) is 0 Å². The zero-order valence-corrected chi connectivity index (χ0v) is 15.1. The molecule has 28 heavy (non-hydrogen) atoms. The SMILES string of the molecule is COC(=O)c1ccc(COc2ccc(/C=N\N3CC(=O)NC3=O)cc2OC)o1. The second-order valence-electron chi connectivity index (χ2n) is 5.61. The number of nitrogens with zero attached hydrogens (tertiary/aromatic N) is 2. The molecule has 0 atom stereocenters. The highest BCUT2D eigenvalue weighted by atomic mass is 16.5. The Labute approximate surface area is 159 Å². The van der Waals surface area contributed by atoms with Gasteiger partial charge in [-0.15, -0.1) is 0 Å². The summed E-state index contributed by atoms with van der Waals surface area (Å²) in [6, 6.07) is 7.58. The van der Waals surface area contributed by atoms with Crippen LogP contribution >= 0.6 is 0 Å². The average molecular weight is 387 g/mol. The second-order valence-corrected chi connectivity index (χ2v) is 5.61. The molecule has 2 aromatic rings. The summed E-state index contributed by atoms with van der Waals surface area (Å²) in [6.45, 7) is -0.0405. The summed E-state index contributed by atoms with van der Waals surface area (Å²) in [6.07, 6.45) is 1.43. The van der Waals surface area contributed by atoms with Gasteiger partial charge in [-0.05, 0) is 35.9 Å². The lowest BCUT2D eigenvalue weighted by atomic mass is 10.2. The van der Waals surface area contributed by atoms with Crippen molar-refractivity contribution in [2.75, 3.05) is 20.8 Å². The van der Waals surface area contributed by atoms with Crippen LogP contribution in [0.25, 0.3) is 0 Å². The minimum atomic E-state index is -0.571. The van der Waals surface area contributed by atoms with E-state index in [1.54, 1.807) is 24.3 Å². The molecular weight excluding hydrogens is 370 g/mol. The van der Waals surface area contributed by atoms with Gasteiger partial charge in [0.2, 0.25) is 11.7 Å². The van der Waals surface area contributed by atoms with Gasteiger partial charge in [-0.2, -0.15) is 5.10 Å². The number of esters is 1. The van der Waals surface area contributed by atoms with Gasteiger partial charge in [0.25, 0.3) is 0 Å². The van der Waals surface area contributed by atoms with Crippen molar-refractivity contribution in [1.29, 1.82) is 0 Å². The molecule has 10 heteroatoms. The first kappa shape index (κ1) is 19.0. The number of hydrogen-bond acceptors (Lipinski definition) is 8. The average Bonchev–Trinajstić information content (AvgIpc) is 3.30. The highest BCUT2D eigenvalue weighted by Crippen LogP contribution is 2.28. The van der Waals surface area contributed by atoms with Gasteiger partial charge >= 0.3 is 12.0 Å². The van der Waals surface area contributed by atoms with Crippen LogP contribution in [0.2, 0.25) is 0 Å². The molecule has 1 aromatic carbocycles. The number of hydrazone groups is 1. The molecule has 0 saturated carbocycles. The van der Waals surface area contributed by atoms with E-state index < -0.39 is 17.9 Å². The van der Waals surface area contributed by atoms with Crippen LogP contribution in [0.4, 0.5) is 4.79 Å². The van der Waals surface area contributed by atoms with Gasteiger partial charge in [0.05, 0.1) is 20.4 Å². The minimum absolute atomic E-state index is 0.0802. The van der Waals surface area contributed by atoms with Crippen molar-refractivity contribution in [2.24, 2.45) is 5.10 Å². The highest BCUT2D eigenvalue weighted by molar-refractivity contribution is 6.02. The number of urea groups is 1. The van der Waals surface area contributed by atoms with Crippen molar-refractivity contribution in [3.8, 4) is 11.5 Å². The maximum absolute atomic E-state index is 11.5. The second kappa shape index (κ2) is 8.25. The topological polar surface area (TPSA) is 120 Å². The first-order chi connectivity index (χ1) is 13.5. The van der Waals surface area contributed by atoms with E-state index >= 15 is 0 Å². The van der Waals surface area contributed by atoms with Gasteiger partial charge < -0.3 is 18.6 Å². The van der Waals surface area contributed by atoms with Crippen molar-refractivity contribution < 1.29 is 33.0 Å². The van der Waals surface area contributed by atoms with E-state index in [2.05, 4.69) is 15.2 Å². The van der Waals surface area contributed by atoms with Crippen molar-refractivity contribution in [1.82, 2.24) is 10.3 Å². The summed E-state index contributed by atoms with van der Waals surface area (Å²) in [5.41, 5.74) is 0.641. The van der Waals surface area contributed by atoms with Crippen LogP contribution in [-0.2, 0) is 16.1 Å². The monoisotopic (exact) mass is 387 g/mol. The fourth-order valence-corrected chi connectivity index (χ4v) is 2.36. The Morgan fingerprint density at radius 1 is 1.25 bits per heavy atom. The lowest BCUT2D eigenvalue weighted by Gasteiger charge is -2.10. The van der Waals surface area contributed by atoms with E-state index in [1.165, 1.54) is 26.5 Å². The Hall–Kier alpha value is -3.82. The number of benzene rings is 1. The van der Waals surface area contributed by atoms with E-state index in [9.17, 15) is 14.4 Å². The predicted molar refractivity (Wildman–Crippen MR) is 95.2 cm³/mol. The van der Waals surface area contributed by atoms with Gasteiger partial charge in [0.1, 0.15) is 18.9 Å². The van der Waals surface area contributed by atoms with Crippen LogP contribution in [-0.4, -0.2) is 49.9 Å². The van der Waals surface area contributed by atoms with Crippen molar-refractivity contribution >= 4 is 24.1 Å². The maximum Gasteiger partial charge on any atom is 0.373 e. The van der Waals surface area contributed by atoms with Crippen LogP contribution in [0.1, 0.15) is 21.9 Å². The number of hydrogen-bond donors (Lipinski definition) is 1. The number of ether oxygens (including phenoxy) is 3. The molecule has 0 bridgehead atoms. The van der Waals surface area contributed by atoms with E-state index in [0.29, 0.717) is 22.8 Å². The fourth-order valence-electron chi connectivity index (χ4n) is 2.36. The number of carbonyl (C=O) groups excluding carboxylic acids is 3. The van der Waals surface area contributed by atoms with Gasteiger partial charge in [-0.25, -0.2) is 14.6 Å². The number of imide groups is 1. The summed E-state index contributed by atoms with van der Waals surface area (Å²) in [4.78, 5) is 34.0. The molecule has 1 aliphatic heterocycles. The molecule has 1 N–H and O–H groups in total. The number of rotatable bonds is 7. The fraction of sp³-hybridized carbons (Fsp3) is 0.222. The number of amides is 3. The third kappa shape index (κ3) is 4.29. The largest absolute Gasteiger partial charge is 0.493 e. The molecule has 2 heterocycles. The number of nitrogens with one attached hydrogen (secondary N) is 1. The van der Waals surface area contributed by atoms with Crippen LogP contribution in [0, 0.1) is 0 Å². The predicted octanol–water partition coefficient (Wildman–Crippen LogP) is 1.54. The first-order valence-corrected chi connectivity index (χ1v) is 8.13. The highest BCUT2D eigenvalue weighted by Gasteiger charge is 2.25. The van der Waals surface area contributed by atoms with Crippen molar-refractivity contribution in [3.63, 3.8) is 0 Å². The molecule has 10 nitrogen and oxygen atoms in total. The third-order valence-corrected chi connectivity index (χ3v) is 3.73. The van der Waals surface area contributed by atoms with Crippen LogP contribution in [0.15, 0.2) is 39.9 Å². The molecule has 1 aromatic heterocycles. The Balaban J connectivity index is 1.66. The molecule has 1 fully saturated rings. The van der Waals surface area contributed by atoms with E-state index in [0.717, 1.165) is 5.01 Å². The molecule has 1 saturated heterocycles. The zero-order chi connectivity index (χ0) is 20.1. The first-order valence-electron chi connectivity index (χ1n) is 8.13. The molecule has 0 aliphatic carbocycles. The molecule has 3 amide bonds. The molecule has 0 unspecified atom stereocenters. The Bertz CT molecular complexity index is 935. The summed E-state index contributed by atoms with van der Waals surface area (Å²) < 4.78 is 20.9. The van der Waals surface area contributed by atoms with E-state index in [1.807, 2.05) is 0 Å². The maximum atomic E-state index is 11.5. The van der Waals surface area contributed by atoms with Crippen molar-refractivity contribution in [3.05, 3.63) is 47.4 Å². The molecule has 146 valence electrons. The lowest BCUT2D eigenvalue weighted by molar-refractivity contribution is -0.118. The molecular formula is C18H17N3O7. The summed E-state index contributed by atoms with van der Waals surface area (Å²) in [5, 5.41) is 7.13. The minimum Gasteiger partial charge on any atom is -0.493 e. The van der Waals surface area contributed by atoms with Crippen LogP contribution in [0.5, 0.6) is 11.5 Å². The quantitative estimate of drug-likeness (QED) is 0.435. The van der Waals surface area contributed by atoms with Crippen LogP contribution < -0.4 is 14.8 Å². The van der Waals surface area contributed by atoms with E-state index in [4.69, 9.17) is 13.9 Å². The third-order valence-electron chi connectivity index (χ3n) is 3.73. The van der Waals surface area contributed by atoms with E-state index in [-0.39, 0.29) is 18.9 Å². The summed E-state index contributed by atoms with van der Waals surface area (Å²) >= 11 is 0. The number of furan rings is 1. The number of methoxy groups -OCH3 is 2. The Kier molecular flexibility index (Phi) is 5.58. The summed E-state index contributed by atoms with van der Waals surface area (Å²) in [7, 11) is 2.75. The Morgan fingerprint density at radius 3 is 2.75 bits per heavy atom. The molecule has 0 spiro atoms. The normalized spacial score (nSPS) is 13.7. The molecule has 0 radical (unpaired) electrons. The van der Waals surface area contributed by atoms with Gasteiger partial charge in [0.15, 0.2) is 11.5 Å².